The third kappa shape index (κ3) is 7.11. The van der Waals surface area contributed by atoms with Gasteiger partial charge in [0.1, 0.15) is 5.60 Å². The summed E-state index contributed by atoms with van der Waals surface area (Å²) >= 11 is 0. The maximum Gasteiger partial charge on any atom is 0.410 e. The summed E-state index contributed by atoms with van der Waals surface area (Å²) in [7, 11) is 3.25. The average molecular weight is 302 g/mol. The molecule has 0 aromatic rings. The second-order valence-corrected chi connectivity index (χ2v) is 6.49. The molecule has 1 N–H and O–H groups in total. The minimum atomic E-state index is -0.438. The Morgan fingerprint density at radius 3 is 2.57 bits per heavy atom. The summed E-state index contributed by atoms with van der Waals surface area (Å²) < 4.78 is 15.7. The highest BCUT2D eigenvalue weighted by Crippen LogP contribution is 2.18. The first-order valence-corrected chi connectivity index (χ1v) is 7.60. The van der Waals surface area contributed by atoms with Gasteiger partial charge in [-0.05, 0) is 46.1 Å². The lowest BCUT2D eigenvalue weighted by Crippen LogP contribution is -2.45. The zero-order valence-electron chi connectivity index (χ0n) is 14.0. The molecule has 1 unspecified atom stereocenters. The zero-order valence-corrected chi connectivity index (χ0v) is 14.0. The molecule has 1 aliphatic heterocycles. The number of ether oxygens (including phenoxy) is 3. The Balaban J connectivity index is 2.33. The smallest absolute Gasteiger partial charge is 0.410 e. The van der Waals surface area contributed by atoms with Crippen molar-refractivity contribution in [2.45, 2.75) is 45.5 Å². The van der Waals surface area contributed by atoms with E-state index in [0.29, 0.717) is 12.5 Å². The number of rotatable bonds is 6. The minimum Gasteiger partial charge on any atom is -0.444 e. The van der Waals surface area contributed by atoms with Gasteiger partial charge in [-0.1, -0.05) is 0 Å². The van der Waals surface area contributed by atoms with Crippen molar-refractivity contribution in [3.8, 4) is 0 Å². The molecular formula is C15H30N2O4. The second-order valence-electron chi connectivity index (χ2n) is 6.49. The van der Waals surface area contributed by atoms with Gasteiger partial charge in [-0.3, -0.25) is 0 Å². The van der Waals surface area contributed by atoms with Crippen molar-refractivity contribution < 1.29 is 19.0 Å². The summed E-state index contributed by atoms with van der Waals surface area (Å²) in [5.74, 6) is 0.445. The summed E-state index contributed by atoms with van der Waals surface area (Å²) in [6.07, 6.45) is 1.70. The molecule has 21 heavy (non-hydrogen) atoms. The molecule has 1 heterocycles. The number of hydrogen-bond acceptors (Lipinski definition) is 5. The van der Waals surface area contributed by atoms with E-state index in [0.717, 1.165) is 32.5 Å². The maximum absolute atomic E-state index is 12.1. The van der Waals surface area contributed by atoms with Crippen LogP contribution in [0.15, 0.2) is 0 Å². The molecule has 6 nitrogen and oxygen atoms in total. The van der Waals surface area contributed by atoms with Crippen LogP contribution in [0.5, 0.6) is 0 Å². The summed E-state index contributed by atoms with van der Waals surface area (Å²) in [5.41, 5.74) is -0.438. The van der Waals surface area contributed by atoms with Gasteiger partial charge in [0.05, 0.1) is 0 Å². The molecule has 124 valence electrons. The summed E-state index contributed by atoms with van der Waals surface area (Å²) in [4.78, 5) is 13.9. The predicted octanol–water partition coefficient (Wildman–Crippen LogP) is 1.84. The number of carbonyl (C=O) groups is 1. The van der Waals surface area contributed by atoms with Crippen LogP contribution in [-0.4, -0.2) is 63.3 Å². The molecule has 0 saturated carbocycles. The van der Waals surface area contributed by atoms with Gasteiger partial charge in [0.25, 0.3) is 0 Å². The number of likely N-dealkylation sites (tertiary alicyclic amines) is 1. The van der Waals surface area contributed by atoms with E-state index < -0.39 is 5.60 Å². The lowest BCUT2D eigenvalue weighted by Gasteiger charge is -2.34. The lowest BCUT2D eigenvalue weighted by atomic mass is 9.98. The molecule has 0 aromatic carbocycles. The fraction of sp³-hybridized carbons (Fsp3) is 0.933. The van der Waals surface area contributed by atoms with Crippen molar-refractivity contribution in [3.63, 3.8) is 0 Å². The second kappa shape index (κ2) is 8.56. The molecule has 1 atom stereocenters. The number of nitrogens with zero attached hydrogens (tertiary/aromatic N) is 1. The molecule has 1 saturated heterocycles. The van der Waals surface area contributed by atoms with Crippen molar-refractivity contribution in [2.75, 3.05) is 40.4 Å². The van der Waals surface area contributed by atoms with E-state index in [2.05, 4.69) is 5.32 Å². The van der Waals surface area contributed by atoms with Crippen molar-refractivity contribution >= 4 is 6.09 Å². The first-order valence-electron chi connectivity index (χ1n) is 7.60. The van der Waals surface area contributed by atoms with Crippen molar-refractivity contribution in [2.24, 2.45) is 5.92 Å². The Labute approximate surface area is 128 Å². The van der Waals surface area contributed by atoms with Crippen LogP contribution in [0.2, 0.25) is 0 Å². The van der Waals surface area contributed by atoms with E-state index in [1.54, 1.807) is 14.2 Å². The molecule has 1 amide bonds. The third-order valence-corrected chi connectivity index (χ3v) is 3.44. The summed E-state index contributed by atoms with van der Waals surface area (Å²) in [6.45, 7) is 8.70. The van der Waals surface area contributed by atoms with Gasteiger partial charge in [-0.2, -0.15) is 0 Å². The zero-order chi connectivity index (χ0) is 15.9. The van der Waals surface area contributed by atoms with Gasteiger partial charge >= 0.3 is 6.09 Å². The van der Waals surface area contributed by atoms with E-state index in [9.17, 15) is 4.79 Å². The fourth-order valence-electron chi connectivity index (χ4n) is 2.39. The van der Waals surface area contributed by atoms with Gasteiger partial charge in [0.15, 0.2) is 6.29 Å². The highest BCUT2D eigenvalue weighted by Gasteiger charge is 2.27. The Morgan fingerprint density at radius 1 is 1.33 bits per heavy atom. The van der Waals surface area contributed by atoms with Crippen LogP contribution in [0, 0.1) is 5.92 Å². The van der Waals surface area contributed by atoms with Gasteiger partial charge in [-0.25, -0.2) is 4.79 Å². The molecule has 0 radical (unpaired) electrons. The first kappa shape index (κ1) is 18.2. The van der Waals surface area contributed by atoms with Crippen molar-refractivity contribution in [1.29, 1.82) is 0 Å². The van der Waals surface area contributed by atoms with Crippen molar-refractivity contribution in [1.82, 2.24) is 10.2 Å². The van der Waals surface area contributed by atoms with Gasteiger partial charge in [0, 0.05) is 33.9 Å². The number of amides is 1. The summed E-state index contributed by atoms with van der Waals surface area (Å²) in [5, 5.41) is 3.34. The molecule has 1 rings (SSSR count). The third-order valence-electron chi connectivity index (χ3n) is 3.44. The van der Waals surface area contributed by atoms with E-state index in [1.165, 1.54) is 0 Å². The molecule has 1 aliphatic rings. The number of hydrogen-bond donors (Lipinski definition) is 1. The Morgan fingerprint density at radius 2 is 2.00 bits per heavy atom. The quantitative estimate of drug-likeness (QED) is 0.759. The lowest BCUT2D eigenvalue weighted by molar-refractivity contribution is -0.0991. The molecular weight excluding hydrogens is 272 g/mol. The molecule has 0 spiro atoms. The van der Waals surface area contributed by atoms with Crippen LogP contribution in [-0.2, 0) is 14.2 Å². The highest BCUT2D eigenvalue weighted by atomic mass is 16.7. The van der Waals surface area contributed by atoms with Gasteiger partial charge in [0.2, 0.25) is 0 Å². The van der Waals surface area contributed by atoms with Crippen LogP contribution in [0.3, 0.4) is 0 Å². The molecule has 1 fully saturated rings. The average Bonchev–Trinajstić information content (AvgIpc) is 2.42. The van der Waals surface area contributed by atoms with Crippen LogP contribution in [0.25, 0.3) is 0 Å². The number of nitrogens with one attached hydrogen (secondary N) is 1. The first-order chi connectivity index (χ1) is 9.85. The Bertz CT molecular complexity index is 313. The topological polar surface area (TPSA) is 60.0 Å². The van der Waals surface area contributed by atoms with Gasteiger partial charge < -0.3 is 24.4 Å². The van der Waals surface area contributed by atoms with Gasteiger partial charge in [-0.15, -0.1) is 0 Å². The Kier molecular flexibility index (Phi) is 7.42. The van der Waals surface area contributed by atoms with Crippen LogP contribution in [0.4, 0.5) is 4.79 Å². The van der Waals surface area contributed by atoms with E-state index in [4.69, 9.17) is 14.2 Å². The van der Waals surface area contributed by atoms with Crippen LogP contribution in [0.1, 0.15) is 33.6 Å². The van der Waals surface area contributed by atoms with Crippen molar-refractivity contribution in [3.05, 3.63) is 0 Å². The summed E-state index contributed by atoms with van der Waals surface area (Å²) in [6, 6.07) is 0. The molecule has 0 bridgehead atoms. The SMILES string of the molecule is COC(CNCC1CCCN(C(=O)OC(C)(C)C)C1)OC. The molecule has 6 heteroatoms. The monoisotopic (exact) mass is 302 g/mol. The minimum absolute atomic E-state index is 0.209. The molecule has 0 aromatic heterocycles. The number of carbonyl (C=O) groups excluding carboxylic acids is 1. The van der Waals surface area contributed by atoms with E-state index in [1.807, 2.05) is 25.7 Å². The van der Waals surface area contributed by atoms with Crippen LogP contribution < -0.4 is 5.32 Å². The standard InChI is InChI=1S/C15H30N2O4/c1-15(2,3)21-14(18)17-8-6-7-12(11-17)9-16-10-13(19-4)20-5/h12-13,16H,6-11H2,1-5H3. The van der Waals surface area contributed by atoms with E-state index >= 15 is 0 Å². The number of methoxy groups -OCH3 is 2. The fourth-order valence-corrected chi connectivity index (χ4v) is 2.39. The normalized spacial score (nSPS) is 19.9. The predicted molar refractivity (Wildman–Crippen MR) is 81.2 cm³/mol. The van der Waals surface area contributed by atoms with E-state index in [-0.39, 0.29) is 12.4 Å². The highest BCUT2D eigenvalue weighted by molar-refractivity contribution is 5.68. The molecule has 0 aliphatic carbocycles. The largest absolute Gasteiger partial charge is 0.444 e. The number of piperidine rings is 1. The Hall–Kier alpha value is -0.850. The van der Waals surface area contributed by atoms with Crippen LogP contribution >= 0.6 is 0 Å². The maximum atomic E-state index is 12.1.